The summed E-state index contributed by atoms with van der Waals surface area (Å²) >= 11 is 3.54. The molecule has 1 aliphatic heterocycles. The zero-order valence-corrected chi connectivity index (χ0v) is 18.9. The van der Waals surface area contributed by atoms with Gasteiger partial charge in [0, 0.05) is 0 Å². The molecular formula is C23H25BrN2O4. The first-order valence-electron chi connectivity index (χ1n) is 9.94. The Bertz CT molecular complexity index is 959. The summed E-state index contributed by atoms with van der Waals surface area (Å²) in [5.41, 5.74) is 1.82. The molecule has 0 spiro atoms. The lowest BCUT2D eigenvalue weighted by molar-refractivity contribution is -0.123. The highest BCUT2D eigenvalue weighted by molar-refractivity contribution is 9.10. The van der Waals surface area contributed by atoms with E-state index in [1.165, 1.54) is 4.90 Å². The molecule has 3 amide bonds. The SMILES string of the molecule is CCOc1cc(/C=C2/NC(=O)N(Cc3ccccc3)C2=O)cc(Br)c1O[C@H](C)CC. The van der Waals surface area contributed by atoms with Gasteiger partial charge in [0.1, 0.15) is 5.70 Å². The predicted octanol–water partition coefficient (Wildman–Crippen LogP) is 5.12. The maximum atomic E-state index is 12.8. The minimum atomic E-state index is -0.434. The molecule has 6 nitrogen and oxygen atoms in total. The van der Waals surface area contributed by atoms with Crippen LogP contribution in [0.4, 0.5) is 4.79 Å². The fourth-order valence-corrected chi connectivity index (χ4v) is 3.53. The summed E-state index contributed by atoms with van der Waals surface area (Å²) in [5, 5.41) is 2.66. The van der Waals surface area contributed by atoms with Crippen molar-refractivity contribution in [1.82, 2.24) is 10.2 Å². The molecule has 30 heavy (non-hydrogen) atoms. The Morgan fingerprint density at radius 2 is 1.90 bits per heavy atom. The lowest BCUT2D eigenvalue weighted by Gasteiger charge is -2.18. The van der Waals surface area contributed by atoms with Gasteiger partial charge in [0.05, 0.1) is 23.7 Å². The molecule has 1 N–H and O–H groups in total. The molecule has 0 bridgehead atoms. The van der Waals surface area contributed by atoms with Crippen LogP contribution in [0.5, 0.6) is 11.5 Å². The van der Waals surface area contributed by atoms with Crippen LogP contribution < -0.4 is 14.8 Å². The Hall–Kier alpha value is -2.80. The average Bonchev–Trinajstić information content (AvgIpc) is 2.98. The maximum absolute atomic E-state index is 12.8. The van der Waals surface area contributed by atoms with Crippen molar-refractivity contribution >= 4 is 33.9 Å². The van der Waals surface area contributed by atoms with E-state index in [0.717, 1.165) is 16.5 Å². The van der Waals surface area contributed by atoms with E-state index < -0.39 is 6.03 Å². The molecule has 2 aromatic rings. The highest BCUT2D eigenvalue weighted by Crippen LogP contribution is 2.38. The van der Waals surface area contributed by atoms with Gasteiger partial charge in [0.25, 0.3) is 5.91 Å². The average molecular weight is 473 g/mol. The van der Waals surface area contributed by atoms with E-state index in [4.69, 9.17) is 9.47 Å². The maximum Gasteiger partial charge on any atom is 0.329 e. The van der Waals surface area contributed by atoms with Crippen LogP contribution in [0, 0.1) is 0 Å². The Kier molecular flexibility index (Phi) is 7.15. The summed E-state index contributed by atoms with van der Waals surface area (Å²) in [5.74, 6) is 0.843. The number of ether oxygens (including phenoxy) is 2. The van der Waals surface area contributed by atoms with Crippen molar-refractivity contribution in [3.05, 3.63) is 63.8 Å². The lowest BCUT2D eigenvalue weighted by atomic mass is 10.1. The normalized spacial score (nSPS) is 16.0. The lowest BCUT2D eigenvalue weighted by Crippen LogP contribution is -2.30. The van der Waals surface area contributed by atoms with Gasteiger partial charge in [-0.15, -0.1) is 0 Å². The molecule has 0 unspecified atom stereocenters. The standard InChI is InChI=1S/C23H25BrN2O4/c1-4-15(3)30-21-18(24)11-17(13-20(21)29-5-2)12-19-22(27)26(23(28)25-19)14-16-9-7-6-8-10-16/h6-13,15H,4-5,14H2,1-3H3,(H,25,28)/b19-12+/t15-/m1/s1. The van der Waals surface area contributed by atoms with Crippen LogP contribution in [0.1, 0.15) is 38.3 Å². The number of rotatable bonds is 8. The van der Waals surface area contributed by atoms with Crippen LogP contribution in [0.25, 0.3) is 6.08 Å². The molecular weight excluding hydrogens is 448 g/mol. The Labute approximate surface area is 185 Å². The summed E-state index contributed by atoms with van der Waals surface area (Å²) in [6, 6.07) is 12.6. The molecule has 0 aliphatic carbocycles. The fraction of sp³-hybridized carbons (Fsp3) is 0.304. The quantitative estimate of drug-likeness (QED) is 0.427. The van der Waals surface area contributed by atoms with Crippen molar-refractivity contribution in [2.75, 3.05) is 6.61 Å². The van der Waals surface area contributed by atoms with E-state index in [1.807, 2.05) is 57.2 Å². The minimum Gasteiger partial charge on any atom is -0.490 e. The van der Waals surface area contributed by atoms with Gasteiger partial charge in [0.2, 0.25) is 0 Å². The van der Waals surface area contributed by atoms with Crippen molar-refractivity contribution in [2.24, 2.45) is 0 Å². The summed E-state index contributed by atoms with van der Waals surface area (Å²) in [4.78, 5) is 26.3. The Morgan fingerprint density at radius 3 is 2.57 bits per heavy atom. The van der Waals surface area contributed by atoms with Gasteiger partial charge < -0.3 is 14.8 Å². The van der Waals surface area contributed by atoms with Crippen LogP contribution >= 0.6 is 15.9 Å². The third-order valence-corrected chi connectivity index (χ3v) is 5.27. The van der Waals surface area contributed by atoms with Crippen molar-refractivity contribution in [3.63, 3.8) is 0 Å². The first-order chi connectivity index (χ1) is 14.4. The molecule has 7 heteroatoms. The summed E-state index contributed by atoms with van der Waals surface area (Å²) in [6.07, 6.45) is 2.54. The second-order valence-corrected chi connectivity index (χ2v) is 7.82. The first-order valence-corrected chi connectivity index (χ1v) is 10.7. The van der Waals surface area contributed by atoms with Crippen molar-refractivity contribution < 1.29 is 19.1 Å². The number of hydrogen-bond donors (Lipinski definition) is 1. The van der Waals surface area contributed by atoms with Crippen LogP contribution in [0.15, 0.2) is 52.6 Å². The van der Waals surface area contributed by atoms with Crippen molar-refractivity contribution in [1.29, 1.82) is 0 Å². The summed E-state index contributed by atoms with van der Waals surface area (Å²) in [6.45, 7) is 6.63. The highest BCUT2D eigenvalue weighted by atomic mass is 79.9. The number of nitrogens with zero attached hydrogens (tertiary/aromatic N) is 1. The highest BCUT2D eigenvalue weighted by Gasteiger charge is 2.33. The topological polar surface area (TPSA) is 67.9 Å². The summed E-state index contributed by atoms with van der Waals surface area (Å²) < 4.78 is 12.5. The minimum absolute atomic E-state index is 0.0342. The van der Waals surface area contributed by atoms with E-state index in [-0.39, 0.29) is 24.3 Å². The number of amides is 3. The van der Waals surface area contributed by atoms with Gasteiger partial charge in [-0.1, -0.05) is 37.3 Å². The van der Waals surface area contributed by atoms with E-state index in [0.29, 0.717) is 23.7 Å². The number of urea groups is 1. The summed E-state index contributed by atoms with van der Waals surface area (Å²) in [7, 11) is 0. The fourth-order valence-electron chi connectivity index (χ4n) is 2.98. The molecule has 1 atom stereocenters. The van der Waals surface area contributed by atoms with Gasteiger partial charge in [-0.2, -0.15) is 0 Å². The van der Waals surface area contributed by atoms with E-state index in [9.17, 15) is 9.59 Å². The molecule has 2 aromatic carbocycles. The molecule has 3 rings (SSSR count). The number of halogens is 1. The number of carbonyl (C=O) groups excluding carboxylic acids is 2. The zero-order chi connectivity index (χ0) is 21.7. The van der Waals surface area contributed by atoms with Crippen LogP contribution in [0.2, 0.25) is 0 Å². The molecule has 0 radical (unpaired) electrons. The smallest absolute Gasteiger partial charge is 0.329 e. The molecule has 1 aliphatic rings. The van der Waals surface area contributed by atoms with Crippen LogP contribution in [-0.4, -0.2) is 29.5 Å². The number of carbonyl (C=O) groups is 2. The zero-order valence-electron chi connectivity index (χ0n) is 17.3. The number of imide groups is 1. The van der Waals surface area contributed by atoms with Crippen LogP contribution in [0.3, 0.4) is 0 Å². The number of nitrogens with one attached hydrogen (secondary N) is 1. The van der Waals surface area contributed by atoms with Crippen molar-refractivity contribution in [2.45, 2.75) is 39.8 Å². The van der Waals surface area contributed by atoms with Gasteiger partial charge in [-0.25, -0.2) is 4.79 Å². The Balaban J connectivity index is 1.87. The van der Waals surface area contributed by atoms with Gasteiger partial charge in [-0.3, -0.25) is 9.69 Å². The third-order valence-electron chi connectivity index (χ3n) is 4.68. The van der Waals surface area contributed by atoms with Gasteiger partial charge >= 0.3 is 6.03 Å². The van der Waals surface area contributed by atoms with E-state index in [2.05, 4.69) is 21.2 Å². The number of benzene rings is 2. The molecule has 1 saturated heterocycles. The molecule has 158 valence electrons. The van der Waals surface area contributed by atoms with Crippen LogP contribution in [-0.2, 0) is 11.3 Å². The Morgan fingerprint density at radius 1 is 1.17 bits per heavy atom. The van der Waals surface area contributed by atoms with E-state index in [1.54, 1.807) is 12.1 Å². The van der Waals surface area contributed by atoms with Gasteiger partial charge in [-0.05, 0) is 65.5 Å². The molecule has 1 heterocycles. The first kappa shape index (κ1) is 21.9. The van der Waals surface area contributed by atoms with Crippen molar-refractivity contribution in [3.8, 4) is 11.5 Å². The predicted molar refractivity (Wildman–Crippen MR) is 119 cm³/mol. The molecule has 0 aromatic heterocycles. The monoisotopic (exact) mass is 472 g/mol. The van der Waals surface area contributed by atoms with Gasteiger partial charge in [0.15, 0.2) is 11.5 Å². The number of hydrogen-bond acceptors (Lipinski definition) is 4. The second kappa shape index (κ2) is 9.80. The molecule has 0 saturated carbocycles. The third kappa shape index (κ3) is 5.02. The largest absolute Gasteiger partial charge is 0.490 e. The second-order valence-electron chi connectivity index (χ2n) is 6.96. The molecule has 1 fully saturated rings. The van der Waals surface area contributed by atoms with E-state index >= 15 is 0 Å².